The van der Waals surface area contributed by atoms with Gasteiger partial charge in [0, 0.05) is 11.8 Å². The highest BCUT2D eigenvalue weighted by Crippen LogP contribution is 2.29. The zero-order valence-electron chi connectivity index (χ0n) is 17.1. The number of sulfone groups is 1. The molecule has 30 heavy (non-hydrogen) atoms. The minimum atomic E-state index is -3.38. The number of rotatable bonds is 7. The van der Waals surface area contributed by atoms with Gasteiger partial charge in [0.1, 0.15) is 5.54 Å². The molecule has 158 valence electrons. The first-order valence-corrected chi connectivity index (χ1v) is 11.5. The topological polar surface area (TPSA) is 101 Å². The summed E-state index contributed by atoms with van der Waals surface area (Å²) in [6.45, 7) is 3.24. The van der Waals surface area contributed by atoms with E-state index in [0.29, 0.717) is 11.1 Å². The Kier molecular flexibility index (Phi) is 5.81. The van der Waals surface area contributed by atoms with Crippen LogP contribution in [0.3, 0.4) is 0 Å². The van der Waals surface area contributed by atoms with E-state index in [4.69, 9.17) is 0 Å². The summed E-state index contributed by atoms with van der Waals surface area (Å²) < 4.78 is 23.3. The number of ketones is 1. The number of carbonyl (C=O) groups is 3. The molecule has 1 fully saturated rings. The van der Waals surface area contributed by atoms with Crippen molar-refractivity contribution < 1.29 is 22.8 Å². The van der Waals surface area contributed by atoms with Gasteiger partial charge in [-0.25, -0.2) is 13.2 Å². The summed E-state index contributed by atoms with van der Waals surface area (Å²) >= 11 is 0. The maximum atomic E-state index is 13.0. The maximum Gasteiger partial charge on any atom is 0.325 e. The average molecular weight is 429 g/mol. The van der Waals surface area contributed by atoms with E-state index in [-0.39, 0.29) is 17.2 Å². The molecule has 0 aromatic heterocycles. The van der Waals surface area contributed by atoms with E-state index >= 15 is 0 Å². The van der Waals surface area contributed by atoms with Gasteiger partial charge in [-0.2, -0.15) is 0 Å². The molecule has 3 amide bonds. The molecule has 3 rings (SSSR count). The number of hydrogen-bond donors (Lipinski definition) is 1. The Morgan fingerprint density at radius 2 is 1.63 bits per heavy atom. The first-order chi connectivity index (χ1) is 14.1. The molecule has 8 heteroatoms. The average Bonchev–Trinajstić information content (AvgIpc) is 2.92. The SMILES string of the molecule is CCCc1ccc(C(=O)CN2C(=O)N[C@@](C)(c3ccc(S(C)(=O)=O)cc3)C2=O)cc1. The molecule has 2 aromatic rings. The van der Waals surface area contributed by atoms with Crippen molar-refractivity contribution in [2.24, 2.45) is 0 Å². The van der Waals surface area contributed by atoms with Gasteiger partial charge in [-0.1, -0.05) is 49.7 Å². The molecule has 0 radical (unpaired) electrons. The minimum Gasteiger partial charge on any atom is -0.319 e. The Morgan fingerprint density at radius 3 is 2.17 bits per heavy atom. The molecule has 7 nitrogen and oxygen atoms in total. The lowest BCUT2D eigenvalue weighted by atomic mass is 9.92. The molecule has 1 heterocycles. The van der Waals surface area contributed by atoms with Gasteiger partial charge in [0.25, 0.3) is 5.91 Å². The molecule has 1 N–H and O–H groups in total. The fraction of sp³-hybridized carbons (Fsp3) is 0.318. The van der Waals surface area contributed by atoms with E-state index in [1.165, 1.54) is 31.2 Å². The van der Waals surface area contributed by atoms with Gasteiger partial charge in [0.15, 0.2) is 15.6 Å². The number of aryl methyl sites for hydroxylation is 1. The van der Waals surface area contributed by atoms with Crippen LogP contribution in [0.2, 0.25) is 0 Å². The number of nitrogens with one attached hydrogen (secondary N) is 1. The smallest absolute Gasteiger partial charge is 0.319 e. The van der Waals surface area contributed by atoms with Crippen LogP contribution in [0.1, 0.15) is 41.8 Å². The number of nitrogens with zero attached hydrogens (tertiary/aromatic N) is 1. The molecule has 2 aromatic carbocycles. The number of hydrogen-bond acceptors (Lipinski definition) is 5. The molecule has 0 aliphatic carbocycles. The van der Waals surface area contributed by atoms with Gasteiger partial charge < -0.3 is 5.32 Å². The molecule has 1 aliphatic rings. The monoisotopic (exact) mass is 428 g/mol. The van der Waals surface area contributed by atoms with E-state index in [2.05, 4.69) is 12.2 Å². The third-order valence-electron chi connectivity index (χ3n) is 5.25. The van der Waals surface area contributed by atoms with Crippen molar-refractivity contribution in [1.29, 1.82) is 0 Å². The second-order valence-electron chi connectivity index (χ2n) is 7.61. The fourth-order valence-electron chi connectivity index (χ4n) is 3.45. The second kappa shape index (κ2) is 8.02. The Bertz CT molecular complexity index is 1090. The summed E-state index contributed by atoms with van der Waals surface area (Å²) in [5.41, 5.74) is 0.612. The molecular formula is C22H24N2O5S. The van der Waals surface area contributed by atoms with Crippen molar-refractivity contribution in [3.8, 4) is 0 Å². The number of Topliss-reactive ketones (excluding diaryl/α,β-unsaturated/α-hetero) is 1. The highest BCUT2D eigenvalue weighted by atomic mass is 32.2. The minimum absolute atomic E-state index is 0.116. The zero-order chi connectivity index (χ0) is 22.1. The van der Waals surface area contributed by atoms with Gasteiger partial charge in [-0.05, 0) is 36.6 Å². The first-order valence-electron chi connectivity index (χ1n) is 9.63. The van der Waals surface area contributed by atoms with Crippen molar-refractivity contribution in [2.75, 3.05) is 12.8 Å². The summed E-state index contributed by atoms with van der Waals surface area (Å²) in [6.07, 6.45) is 3.01. The lowest BCUT2D eigenvalue weighted by Crippen LogP contribution is -2.41. The molecule has 1 aliphatic heterocycles. The maximum absolute atomic E-state index is 13.0. The number of benzene rings is 2. The van der Waals surface area contributed by atoms with E-state index < -0.39 is 27.3 Å². The molecular weight excluding hydrogens is 404 g/mol. The molecule has 1 saturated heterocycles. The number of imide groups is 1. The molecule has 0 spiro atoms. The third kappa shape index (κ3) is 4.14. The summed E-state index contributed by atoms with van der Waals surface area (Å²) in [5.74, 6) is -0.895. The summed E-state index contributed by atoms with van der Waals surface area (Å²) in [7, 11) is -3.38. The fourth-order valence-corrected chi connectivity index (χ4v) is 4.08. The van der Waals surface area contributed by atoms with Gasteiger partial charge >= 0.3 is 6.03 Å². The predicted molar refractivity (Wildman–Crippen MR) is 112 cm³/mol. The van der Waals surface area contributed by atoms with Crippen LogP contribution in [0.25, 0.3) is 0 Å². The van der Waals surface area contributed by atoms with Gasteiger partial charge in [0.05, 0.1) is 11.4 Å². The largest absolute Gasteiger partial charge is 0.325 e. The van der Waals surface area contributed by atoms with Crippen LogP contribution < -0.4 is 5.32 Å². The van der Waals surface area contributed by atoms with Crippen molar-refractivity contribution in [3.05, 3.63) is 65.2 Å². The predicted octanol–water partition coefficient (Wildman–Crippen LogP) is 2.69. The van der Waals surface area contributed by atoms with Crippen LogP contribution in [0.5, 0.6) is 0 Å². The van der Waals surface area contributed by atoms with Crippen LogP contribution in [0.15, 0.2) is 53.4 Å². The highest BCUT2D eigenvalue weighted by molar-refractivity contribution is 7.90. The van der Waals surface area contributed by atoms with Crippen molar-refractivity contribution >= 4 is 27.6 Å². The Labute approximate surface area is 176 Å². The lowest BCUT2D eigenvalue weighted by molar-refractivity contribution is -0.130. The molecule has 0 unspecified atom stereocenters. The van der Waals surface area contributed by atoms with E-state index in [9.17, 15) is 22.8 Å². The molecule has 0 bridgehead atoms. The number of amides is 3. The van der Waals surface area contributed by atoms with Crippen LogP contribution in [-0.4, -0.2) is 43.8 Å². The highest BCUT2D eigenvalue weighted by Gasteiger charge is 2.49. The van der Waals surface area contributed by atoms with Crippen LogP contribution in [-0.2, 0) is 26.6 Å². The standard InChI is InChI=1S/C22H24N2O5S/c1-4-5-15-6-8-16(9-7-15)19(25)14-24-20(26)22(2,23-21(24)27)17-10-12-18(13-11-17)30(3,28)29/h6-13H,4-5,14H2,1-3H3,(H,23,27)/t22-/m0/s1. The van der Waals surface area contributed by atoms with Crippen LogP contribution >= 0.6 is 0 Å². The van der Waals surface area contributed by atoms with Crippen molar-refractivity contribution in [1.82, 2.24) is 10.2 Å². The normalized spacial score (nSPS) is 19.1. The first kappa shape index (κ1) is 21.7. The van der Waals surface area contributed by atoms with Crippen LogP contribution in [0, 0.1) is 0 Å². The molecule has 1 atom stereocenters. The quantitative estimate of drug-likeness (QED) is 0.540. The number of urea groups is 1. The van der Waals surface area contributed by atoms with E-state index in [1.807, 2.05) is 12.1 Å². The Morgan fingerprint density at radius 1 is 1.03 bits per heavy atom. The third-order valence-corrected chi connectivity index (χ3v) is 6.38. The molecule has 0 saturated carbocycles. The van der Waals surface area contributed by atoms with E-state index in [0.717, 1.165) is 29.6 Å². The van der Waals surface area contributed by atoms with Gasteiger partial charge in [-0.15, -0.1) is 0 Å². The van der Waals surface area contributed by atoms with Crippen LogP contribution in [0.4, 0.5) is 4.79 Å². The van der Waals surface area contributed by atoms with Crippen molar-refractivity contribution in [3.63, 3.8) is 0 Å². The Hall–Kier alpha value is -3.00. The van der Waals surface area contributed by atoms with E-state index in [1.54, 1.807) is 12.1 Å². The summed E-state index contributed by atoms with van der Waals surface area (Å²) in [5, 5.41) is 2.62. The Balaban J connectivity index is 1.79. The van der Waals surface area contributed by atoms with Gasteiger partial charge in [0.2, 0.25) is 0 Å². The van der Waals surface area contributed by atoms with Gasteiger partial charge in [-0.3, -0.25) is 14.5 Å². The summed E-state index contributed by atoms with van der Waals surface area (Å²) in [6, 6.07) is 12.3. The zero-order valence-corrected chi connectivity index (χ0v) is 18.0. The summed E-state index contributed by atoms with van der Waals surface area (Å²) in [4.78, 5) is 39.1. The number of carbonyl (C=O) groups excluding carboxylic acids is 3. The lowest BCUT2D eigenvalue weighted by Gasteiger charge is -2.22. The van der Waals surface area contributed by atoms with Crippen molar-refractivity contribution in [2.45, 2.75) is 37.1 Å². The second-order valence-corrected chi connectivity index (χ2v) is 9.63.